The number of aromatic nitrogens is 4. The average Bonchev–Trinajstić information content (AvgIpc) is 3.00. The summed E-state index contributed by atoms with van der Waals surface area (Å²) in [4.78, 5) is 9.26. The van der Waals surface area contributed by atoms with Crippen LogP contribution in [0.25, 0.3) is 0 Å². The largest absolute Gasteiger partial charge is 0.433 e. The summed E-state index contributed by atoms with van der Waals surface area (Å²) < 4.78 is 45.5. The van der Waals surface area contributed by atoms with Crippen molar-refractivity contribution in [2.75, 3.05) is 24.6 Å². The van der Waals surface area contributed by atoms with Gasteiger partial charge in [-0.2, -0.15) is 18.3 Å². The third-order valence-electron chi connectivity index (χ3n) is 3.30. The zero-order valence-corrected chi connectivity index (χ0v) is 11.6. The van der Waals surface area contributed by atoms with Crippen molar-refractivity contribution < 1.29 is 17.9 Å². The summed E-state index contributed by atoms with van der Waals surface area (Å²) in [6.07, 6.45) is -0.0481. The van der Waals surface area contributed by atoms with Crippen molar-refractivity contribution in [3.8, 4) is 0 Å². The molecule has 6 nitrogen and oxygen atoms in total. The van der Waals surface area contributed by atoms with Crippen LogP contribution in [0.15, 0.2) is 30.7 Å². The molecule has 0 unspecified atom stereocenters. The molecule has 0 aromatic carbocycles. The second-order valence-electron chi connectivity index (χ2n) is 4.91. The van der Waals surface area contributed by atoms with Crippen molar-refractivity contribution in [2.45, 2.75) is 18.8 Å². The molecule has 0 spiro atoms. The van der Waals surface area contributed by atoms with Crippen molar-refractivity contribution in [1.82, 2.24) is 19.7 Å². The molecule has 2 aromatic heterocycles. The molecule has 0 aliphatic carbocycles. The summed E-state index contributed by atoms with van der Waals surface area (Å²) in [5.74, 6) is 0.0728. The molecule has 118 valence electrons. The lowest BCUT2D eigenvalue weighted by molar-refractivity contribution is -0.141. The molecular weight excluding hydrogens is 299 g/mol. The molecule has 1 saturated heterocycles. The SMILES string of the molecule is FC(F)(F)c1ccnc(N2CCO[C@@H](Cn3cccn3)C2)n1. The monoisotopic (exact) mass is 313 g/mol. The molecule has 22 heavy (non-hydrogen) atoms. The highest BCUT2D eigenvalue weighted by molar-refractivity contribution is 5.31. The van der Waals surface area contributed by atoms with E-state index in [1.54, 1.807) is 21.8 Å². The van der Waals surface area contributed by atoms with E-state index in [-0.39, 0.29) is 12.1 Å². The highest BCUT2D eigenvalue weighted by atomic mass is 19.4. The van der Waals surface area contributed by atoms with E-state index in [4.69, 9.17) is 4.74 Å². The van der Waals surface area contributed by atoms with Crippen molar-refractivity contribution in [2.24, 2.45) is 0 Å². The number of anilines is 1. The van der Waals surface area contributed by atoms with Crippen molar-refractivity contribution in [3.05, 3.63) is 36.4 Å². The number of hydrogen-bond acceptors (Lipinski definition) is 5. The van der Waals surface area contributed by atoms with Crippen LogP contribution < -0.4 is 4.90 Å². The number of halogens is 3. The van der Waals surface area contributed by atoms with E-state index in [1.807, 2.05) is 6.20 Å². The molecule has 3 heterocycles. The van der Waals surface area contributed by atoms with E-state index in [2.05, 4.69) is 15.1 Å². The van der Waals surface area contributed by atoms with Gasteiger partial charge in [0.1, 0.15) is 5.69 Å². The van der Waals surface area contributed by atoms with Crippen LogP contribution in [0.1, 0.15) is 5.69 Å². The van der Waals surface area contributed by atoms with Gasteiger partial charge in [0.05, 0.1) is 19.3 Å². The van der Waals surface area contributed by atoms with Crippen LogP contribution in [0.3, 0.4) is 0 Å². The van der Waals surface area contributed by atoms with Gasteiger partial charge in [-0.3, -0.25) is 4.68 Å². The smallest absolute Gasteiger partial charge is 0.373 e. The minimum absolute atomic E-state index is 0.0728. The summed E-state index contributed by atoms with van der Waals surface area (Å²) >= 11 is 0. The zero-order chi connectivity index (χ0) is 15.6. The number of hydrogen-bond donors (Lipinski definition) is 0. The van der Waals surface area contributed by atoms with Gasteiger partial charge in [0.15, 0.2) is 0 Å². The molecule has 1 fully saturated rings. The van der Waals surface area contributed by atoms with Crippen molar-refractivity contribution >= 4 is 5.95 Å². The first kappa shape index (κ1) is 14.8. The normalized spacial score (nSPS) is 19.4. The number of alkyl halides is 3. The maximum Gasteiger partial charge on any atom is 0.433 e. The van der Waals surface area contributed by atoms with Crippen LogP contribution >= 0.6 is 0 Å². The Morgan fingerprint density at radius 2 is 2.18 bits per heavy atom. The second kappa shape index (κ2) is 5.91. The second-order valence-corrected chi connectivity index (χ2v) is 4.91. The van der Waals surface area contributed by atoms with Gasteiger partial charge in [0, 0.05) is 31.7 Å². The lowest BCUT2D eigenvalue weighted by Crippen LogP contribution is -2.45. The maximum absolute atomic E-state index is 12.7. The Balaban J connectivity index is 1.72. The number of morpholine rings is 1. The Kier molecular flexibility index (Phi) is 3.97. The Labute approximate surface area is 124 Å². The summed E-state index contributed by atoms with van der Waals surface area (Å²) in [7, 11) is 0. The Morgan fingerprint density at radius 3 is 2.91 bits per heavy atom. The van der Waals surface area contributed by atoms with Gasteiger partial charge >= 0.3 is 6.18 Å². The van der Waals surface area contributed by atoms with Crippen LogP contribution in [-0.2, 0) is 17.5 Å². The molecule has 0 bridgehead atoms. The first-order valence-corrected chi connectivity index (χ1v) is 6.76. The highest BCUT2D eigenvalue weighted by Crippen LogP contribution is 2.28. The van der Waals surface area contributed by atoms with Gasteiger partial charge in [0.25, 0.3) is 0 Å². The molecule has 2 aromatic rings. The van der Waals surface area contributed by atoms with Gasteiger partial charge in [0.2, 0.25) is 5.95 Å². The summed E-state index contributed by atoms with van der Waals surface area (Å²) in [6.45, 7) is 1.81. The lowest BCUT2D eigenvalue weighted by atomic mass is 10.3. The zero-order valence-electron chi connectivity index (χ0n) is 11.6. The van der Waals surface area contributed by atoms with Gasteiger partial charge in [-0.1, -0.05) is 0 Å². The van der Waals surface area contributed by atoms with E-state index in [0.29, 0.717) is 26.2 Å². The van der Waals surface area contributed by atoms with Gasteiger partial charge in [-0.25, -0.2) is 9.97 Å². The number of rotatable bonds is 3. The van der Waals surface area contributed by atoms with Gasteiger partial charge in [-0.15, -0.1) is 0 Å². The van der Waals surface area contributed by atoms with E-state index in [1.165, 1.54) is 0 Å². The predicted molar refractivity (Wildman–Crippen MR) is 71.2 cm³/mol. The molecule has 1 aliphatic heterocycles. The number of ether oxygens (including phenoxy) is 1. The summed E-state index contributed by atoms with van der Waals surface area (Å²) in [6, 6.07) is 2.67. The average molecular weight is 313 g/mol. The fourth-order valence-electron chi connectivity index (χ4n) is 2.29. The molecule has 1 atom stereocenters. The van der Waals surface area contributed by atoms with Gasteiger partial charge < -0.3 is 9.64 Å². The summed E-state index contributed by atoms with van der Waals surface area (Å²) in [5.41, 5.74) is -0.937. The fraction of sp³-hybridized carbons (Fsp3) is 0.462. The first-order valence-electron chi connectivity index (χ1n) is 6.76. The highest BCUT2D eigenvalue weighted by Gasteiger charge is 2.33. The van der Waals surface area contributed by atoms with Crippen LogP contribution in [0.5, 0.6) is 0 Å². The molecule has 0 saturated carbocycles. The minimum atomic E-state index is -4.47. The number of nitrogens with zero attached hydrogens (tertiary/aromatic N) is 5. The summed E-state index contributed by atoms with van der Waals surface area (Å²) in [5, 5.41) is 4.09. The molecule has 0 radical (unpaired) electrons. The lowest BCUT2D eigenvalue weighted by Gasteiger charge is -2.33. The van der Waals surface area contributed by atoms with Crippen molar-refractivity contribution in [1.29, 1.82) is 0 Å². The van der Waals surface area contributed by atoms with Gasteiger partial charge in [-0.05, 0) is 12.1 Å². The third-order valence-corrected chi connectivity index (χ3v) is 3.30. The Hall–Kier alpha value is -2.16. The molecule has 0 amide bonds. The van der Waals surface area contributed by atoms with Crippen LogP contribution in [0, 0.1) is 0 Å². The van der Waals surface area contributed by atoms with E-state index >= 15 is 0 Å². The van der Waals surface area contributed by atoms with Crippen molar-refractivity contribution in [3.63, 3.8) is 0 Å². The first-order chi connectivity index (χ1) is 10.5. The molecule has 3 rings (SSSR count). The quantitative estimate of drug-likeness (QED) is 0.861. The Morgan fingerprint density at radius 1 is 1.32 bits per heavy atom. The Bertz CT molecular complexity index is 616. The molecule has 9 heteroatoms. The molecule has 1 aliphatic rings. The van der Waals surface area contributed by atoms with Crippen LogP contribution in [-0.4, -0.2) is 45.5 Å². The molecule has 0 N–H and O–H groups in total. The van der Waals surface area contributed by atoms with E-state index in [0.717, 1.165) is 12.3 Å². The fourth-order valence-corrected chi connectivity index (χ4v) is 2.29. The maximum atomic E-state index is 12.7. The van der Waals surface area contributed by atoms with E-state index in [9.17, 15) is 13.2 Å². The molecular formula is C13H14F3N5O. The minimum Gasteiger partial charge on any atom is -0.373 e. The predicted octanol–water partition coefficient (Wildman–Crippen LogP) is 1.60. The topological polar surface area (TPSA) is 56.1 Å². The van der Waals surface area contributed by atoms with Crippen LogP contribution in [0.4, 0.5) is 19.1 Å². The van der Waals surface area contributed by atoms with E-state index < -0.39 is 11.9 Å². The van der Waals surface area contributed by atoms with Crippen LogP contribution in [0.2, 0.25) is 0 Å². The third kappa shape index (κ3) is 3.35. The standard InChI is InChI=1S/C13H14F3N5O/c14-13(15,16)11-2-4-17-12(19-11)20-6-7-22-10(8-20)9-21-5-1-3-18-21/h1-5,10H,6-9H2/t10-/m1/s1.